The van der Waals surface area contributed by atoms with Crippen molar-refractivity contribution in [1.82, 2.24) is 4.90 Å². The molecular weight excluding hydrogens is 358 g/mol. The highest BCUT2D eigenvalue weighted by atomic mass is 16.6. The van der Waals surface area contributed by atoms with Gasteiger partial charge in [0.1, 0.15) is 6.10 Å². The van der Waals surface area contributed by atoms with Gasteiger partial charge in [0.2, 0.25) is 0 Å². The zero-order chi connectivity index (χ0) is 19.5. The van der Waals surface area contributed by atoms with Gasteiger partial charge in [0, 0.05) is 25.3 Å². The Balaban J connectivity index is 1.63. The molecule has 1 unspecified atom stereocenters. The van der Waals surface area contributed by atoms with E-state index in [1.54, 1.807) is 13.2 Å². The molecule has 5 rings (SSSR count). The van der Waals surface area contributed by atoms with Gasteiger partial charge in [-0.1, -0.05) is 12.1 Å². The van der Waals surface area contributed by atoms with E-state index in [1.807, 2.05) is 12.1 Å². The van der Waals surface area contributed by atoms with Crippen molar-refractivity contribution in [1.29, 1.82) is 0 Å². The van der Waals surface area contributed by atoms with Crippen molar-refractivity contribution in [2.24, 2.45) is 0 Å². The molecule has 0 aromatic heterocycles. The van der Waals surface area contributed by atoms with Crippen LogP contribution in [0.5, 0.6) is 11.5 Å². The number of hydrogen-bond acceptors (Lipinski definition) is 6. The lowest BCUT2D eigenvalue weighted by Gasteiger charge is -2.64. The fraction of sp³-hybridized carbons (Fsp3) is 0.636. The summed E-state index contributed by atoms with van der Waals surface area (Å²) < 4.78 is 17.7. The van der Waals surface area contributed by atoms with Crippen LogP contribution in [0.2, 0.25) is 0 Å². The number of rotatable bonds is 6. The molecule has 1 spiro atoms. The summed E-state index contributed by atoms with van der Waals surface area (Å²) in [5.41, 5.74) is 0.768. The smallest absolute Gasteiger partial charge is 0.165 e. The summed E-state index contributed by atoms with van der Waals surface area (Å²) in [7, 11) is 1.66. The first kappa shape index (κ1) is 18.4. The second-order valence-corrected chi connectivity index (χ2v) is 8.58. The zero-order valence-corrected chi connectivity index (χ0v) is 16.4. The van der Waals surface area contributed by atoms with Gasteiger partial charge in [0.25, 0.3) is 0 Å². The Bertz CT molecular complexity index is 797. The highest BCUT2D eigenvalue weighted by molar-refractivity contribution is 5.62. The number of likely N-dealkylation sites (tertiary alicyclic amines) is 1. The standard InChI is InChI=1S/C22H29NO5/c1-3-9-23-10-8-21-18-14-4-5-15(24)19(18)28-20(21)16(27-12-11-26-2)6-7-22(21,25)17(23)13-14/h3-5,16-17,20,24-25H,1,6-13H2,2H3/t16-,17?,20-,21-,22+/m0/s1. The fourth-order valence-corrected chi connectivity index (χ4v) is 6.42. The second kappa shape index (κ2) is 6.46. The molecule has 1 aromatic rings. The molecule has 2 bridgehead atoms. The molecule has 2 aliphatic heterocycles. The van der Waals surface area contributed by atoms with Crippen LogP contribution in [-0.2, 0) is 21.3 Å². The van der Waals surface area contributed by atoms with Gasteiger partial charge in [0.05, 0.1) is 30.3 Å². The predicted octanol–water partition coefficient (Wildman–Crippen LogP) is 1.76. The lowest BCUT2D eigenvalue weighted by molar-refractivity contribution is -0.214. The van der Waals surface area contributed by atoms with Gasteiger partial charge in [-0.3, -0.25) is 4.90 Å². The van der Waals surface area contributed by atoms with Crippen LogP contribution >= 0.6 is 0 Å². The number of phenolic OH excluding ortho intramolecular Hbond substituents is 1. The highest BCUT2D eigenvalue weighted by Crippen LogP contribution is 2.65. The maximum Gasteiger partial charge on any atom is 0.165 e. The van der Waals surface area contributed by atoms with Crippen LogP contribution in [0.3, 0.4) is 0 Å². The highest BCUT2D eigenvalue weighted by Gasteiger charge is 2.73. The van der Waals surface area contributed by atoms with Crippen LogP contribution < -0.4 is 4.74 Å². The first-order chi connectivity index (χ1) is 13.6. The summed E-state index contributed by atoms with van der Waals surface area (Å²) >= 11 is 0. The van der Waals surface area contributed by atoms with E-state index in [2.05, 4.69) is 11.5 Å². The van der Waals surface area contributed by atoms with E-state index in [-0.39, 0.29) is 24.0 Å². The van der Waals surface area contributed by atoms with Crippen molar-refractivity contribution in [2.45, 2.75) is 54.9 Å². The molecular formula is C22H29NO5. The second-order valence-electron chi connectivity index (χ2n) is 8.58. The first-order valence-corrected chi connectivity index (χ1v) is 10.3. The lowest BCUT2D eigenvalue weighted by atomic mass is 9.48. The molecule has 5 atom stereocenters. The van der Waals surface area contributed by atoms with E-state index in [0.717, 1.165) is 37.9 Å². The van der Waals surface area contributed by atoms with Crippen LogP contribution in [0.1, 0.15) is 30.4 Å². The Morgan fingerprint density at radius 2 is 2.21 bits per heavy atom. The van der Waals surface area contributed by atoms with Crippen molar-refractivity contribution in [2.75, 3.05) is 33.4 Å². The van der Waals surface area contributed by atoms with Gasteiger partial charge in [-0.2, -0.15) is 0 Å². The van der Waals surface area contributed by atoms with Crippen molar-refractivity contribution < 1.29 is 24.4 Å². The Hall–Kier alpha value is -1.60. The van der Waals surface area contributed by atoms with Crippen molar-refractivity contribution in [3.8, 4) is 11.5 Å². The van der Waals surface area contributed by atoms with Crippen LogP contribution in [0.4, 0.5) is 0 Å². The summed E-state index contributed by atoms with van der Waals surface area (Å²) in [6.07, 6.45) is 4.44. The molecule has 2 fully saturated rings. The van der Waals surface area contributed by atoms with Crippen molar-refractivity contribution in [3.63, 3.8) is 0 Å². The van der Waals surface area contributed by atoms with E-state index < -0.39 is 11.0 Å². The minimum Gasteiger partial charge on any atom is -0.504 e. The molecule has 4 aliphatic rings. The van der Waals surface area contributed by atoms with E-state index in [0.29, 0.717) is 25.4 Å². The van der Waals surface area contributed by atoms with Gasteiger partial charge < -0.3 is 24.4 Å². The number of aromatic hydroxyl groups is 1. The quantitative estimate of drug-likeness (QED) is 0.573. The van der Waals surface area contributed by atoms with Gasteiger partial charge in [0.15, 0.2) is 11.5 Å². The minimum atomic E-state index is -0.897. The van der Waals surface area contributed by atoms with Crippen molar-refractivity contribution >= 4 is 0 Å². The summed E-state index contributed by atoms with van der Waals surface area (Å²) in [5, 5.41) is 22.7. The normalized spacial score (nSPS) is 38.0. The number of methoxy groups -OCH3 is 1. The SMILES string of the molecule is C=CCN1CC[C@]23c4c5ccc(O)c4O[C@H]2[C@@H](OCCOC)CC[C@@]3(O)C1C5. The molecule has 2 heterocycles. The minimum absolute atomic E-state index is 0.0215. The Morgan fingerprint density at radius 3 is 3.00 bits per heavy atom. The third-order valence-corrected chi connectivity index (χ3v) is 7.50. The molecule has 6 nitrogen and oxygen atoms in total. The van der Waals surface area contributed by atoms with E-state index >= 15 is 0 Å². The van der Waals surface area contributed by atoms with Gasteiger partial charge in [-0.25, -0.2) is 0 Å². The first-order valence-electron chi connectivity index (χ1n) is 10.3. The average Bonchev–Trinajstić information content (AvgIpc) is 3.03. The average molecular weight is 387 g/mol. The fourth-order valence-electron chi connectivity index (χ4n) is 6.42. The van der Waals surface area contributed by atoms with Crippen molar-refractivity contribution in [3.05, 3.63) is 35.9 Å². The monoisotopic (exact) mass is 387 g/mol. The van der Waals surface area contributed by atoms with Gasteiger partial charge in [-0.15, -0.1) is 6.58 Å². The van der Waals surface area contributed by atoms with Gasteiger partial charge in [-0.05, 0) is 43.9 Å². The Labute approximate surface area is 165 Å². The predicted molar refractivity (Wildman–Crippen MR) is 104 cm³/mol. The topological polar surface area (TPSA) is 71.4 Å². The summed E-state index contributed by atoms with van der Waals surface area (Å²) in [6, 6.07) is 3.75. The molecule has 1 saturated carbocycles. The molecule has 2 N–H and O–H groups in total. The molecule has 6 heteroatoms. The van der Waals surface area contributed by atoms with Crippen LogP contribution in [-0.4, -0.2) is 72.4 Å². The molecule has 0 radical (unpaired) electrons. The summed E-state index contributed by atoms with van der Waals surface area (Å²) in [5.74, 6) is 0.714. The molecule has 1 aromatic carbocycles. The number of aliphatic hydroxyl groups is 1. The third kappa shape index (κ3) is 2.17. The molecule has 28 heavy (non-hydrogen) atoms. The lowest BCUT2D eigenvalue weighted by Crippen LogP contribution is -2.77. The zero-order valence-electron chi connectivity index (χ0n) is 16.4. The Kier molecular flexibility index (Phi) is 4.25. The summed E-state index contributed by atoms with van der Waals surface area (Å²) in [4.78, 5) is 2.36. The Morgan fingerprint density at radius 1 is 1.36 bits per heavy atom. The maximum absolute atomic E-state index is 12.2. The van der Waals surface area contributed by atoms with E-state index in [4.69, 9.17) is 14.2 Å². The van der Waals surface area contributed by atoms with Crippen LogP contribution in [0.15, 0.2) is 24.8 Å². The molecule has 152 valence electrons. The molecule has 1 saturated heterocycles. The summed E-state index contributed by atoms with van der Waals surface area (Å²) in [6.45, 7) is 6.57. The molecule has 0 amide bonds. The van der Waals surface area contributed by atoms with Crippen LogP contribution in [0.25, 0.3) is 0 Å². The maximum atomic E-state index is 12.2. The van der Waals surface area contributed by atoms with Crippen LogP contribution in [0, 0.1) is 0 Å². The number of benzene rings is 1. The number of ether oxygens (including phenoxy) is 3. The van der Waals surface area contributed by atoms with Gasteiger partial charge >= 0.3 is 0 Å². The molecule has 2 aliphatic carbocycles. The third-order valence-electron chi connectivity index (χ3n) is 7.50. The number of hydrogen-bond donors (Lipinski definition) is 2. The van der Waals surface area contributed by atoms with E-state index in [9.17, 15) is 10.2 Å². The number of nitrogens with zero attached hydrogens (tertiary/aromatic N) is 1. The largest absolute Gasteiger partial charge is 0.504 e. The van der Waals surface area contributed by atoms with E-state index in [1.165, 1.54) is 5.56 Å². The number of phenols is 1. The number of piperidine rings is 1.